The molecule has 0 heterocycles. The van der Waals surface area contributed by atoms with Crippen LogP contribution in [0.25, 0.3) is 0 Å². The number of allylic oxidation sites excluding steroid dienone is 5. The molecule has 324 valence electrons. The van der Waals surface area contributed by atoms with Crippen molar-refractivity contribution >= 4 is 13.7 Å². The second kappa shape index (κ2) is 42.3. The van der Waals surface area contributed by atoms with Crippen molar-refractivity contribution in [2.75, 3.05) is 19.8 Å². The van der Waals surface area contributed by atoms with E-state index in [1.807, 2.05) is 6.08 Å². The molecule has 0 aromatic rings. The fraction of sp³-hybridized carbons (Fsp3) is 0.848. The van der Waals surface area contributed by atoms with Crippen LogP contribution in [0.2, 0.25) is 0 Å². The number of hydrogen-bond acceptors (Lipinski definition) is 6. The molecular formula is C46H89N2O6P. The average molecular weight is 797 g/mol. The number of nitrogens with two attached hydrogens (primary N) is 1. The summed E-state index contributed by atoms with van der Waals surface area (Å²) in [4.78, 5) is 22.7. The van der Waals surface area contributed by atoms with E-state index in [9.17, 15) is 19.4 Å². The molecule has 8 nitrogen and oxygen atoms in total. The van der Waals surface area contributed by atoms with Crippen molar-refractivity contribution in [3.8, 4) is 0 Å². The largest absolute Gasteiger partial charge is 0.472 e. The smallest absolute Gasteiger partial charge is 0.387 e. The minimum atomic E-state index is -4.35. The van der Waals surface area contributed by atoms with E-state index < -0.39 is 20.0 Å². The molecule has 0 fully saturated rings. The predicted octanol–water partition coefficient (Wildman–Crippen LogP) is 13.1. The summed E-state index contributed by atoms with van der Waals surface area (Å²) < 4.78 is 22.1. The second-order valence-corrected chi connectivity index (χ2v) is 17.1. The molecule has 0 aromatic heterocycles. The van der Waals surface area contributed by atoms with E-state index in [4.69, 9.17) is 14.8 Å². The van der Waals surface area contributed by atoms with Gasteiger partial charge < -0.3 is 21.1 Å². The van der Waals surface area contributed by atoms with Gasteiger partial charge in [0.05, 0.1) is 25.4 Å². The normalized spacial score (nSPS) is 14.3. The van der Waals surface area contributed by atoms with Crippen LogP contribution in [0.15, 0.2) is 36.5 Å². The highest BCUT2D eigenvalue weighted by molar-refractivity contribution is 7.47. The first-order chi connectivity index (χ1) is 26.9. The van der Waals surface area contributed by atoms with Crippen molar-refractivity contribution in [2.45, 2.75) is 231 Å². The first kappa shape index (κ1) is 53.7. The van der Waals surface area contributed by atoms with Crippen molar-refractivity contribution in [3.05, 3.63) is 36.5 Å². The summed E-state index contributed by atoms with van der Waals surface area (Å²) in [5.41, 5.74) is 5.37. The lowest BCUT2D eigenvalue weighted by Gasteiger charge is -2.23. The molecule has 0 aliphatic carbocycles. The Labute approximate surface area is 340 Å². The van der Waals surface area contributed by atoms with Crippen LogP contribution >= 0.6 is 7.82 Å². The third kappa shape index (κ3) is 40.7. The van der Waals surface area contributed by atoms with E-state index in [1.54, 1.807) is 6.08 Å². The fourth-order valence-corrected chi connectivity index (χ4v) is 7.45. The Bertz CT molecular complexity index is 959. The Morgan fingerprint density at radius 2 is 0.964 bits per heavy atom. The molecular weight excluding hydrogens is 707 g/mol. The summed E-state index contributed by atoms with van der Waals surface area (Å²) in [7, 11) is -4.35. The molecule has 5 N–H and O–H groups in total. The lowest BCUT2D eigenvalue weighted by molar-refractivity contribution is -0.123. The summed E-state index contributed by atoms with van der Waals surface area (Å²) in [5.74, 6) is -0.205. The third-order valence-corrected chi connectivity index (χ3v) is 11.2. The van der Waals surface area contributed by atoms with Crippen LogP contribution in [0.5, 0.6) is 0 Å². The van der Waals surface area contributed by atoms with Gasteiger partial charge in [0.25, 0.3) is 0 Å². The monoisotopic (exact) mass is 797 g/mol. The summed E-state index contributed by atoms with van der Waals surface area (Å²) in [6.07, 6.45) is 50.6. The molecule has 0 rings (SSSR count). The van der Waals surface area contributed by atoms with Crippen LogP contribution in [0.3, 0.4) is 0 Å². The number of aliphatic hydroxyl groups excluding tert-OH is 1. The van der Waals surface area contributed by atoms with E-state index in [0.717, 1.165) is 44.9 Å². The zero-order valence-electron chi connectivity index (χ0n) is 35.9. The summed E-state index contributed by atoms with van der Waals surface area (Å²) >= 11 is 0. The number of unbranched alkanes of at least 4 members (excludes halogenated alkanes) is 27. The molecule has 0 spiro atoms. The van der Waals surface area contributed by atoms with E-state index in [-0.39, 0.29) is 25.7 Å². The number of amides is 1. The maximum atomic E-state index is 12.8. The zero-order chi connectivity index (χ0) is 40.3. The van der Waals surface area contributed by atoms with Crippen LogP contribution in [-0.4, -0.2) is 47.8 Å². The number of rotatable bonds is 43. The van der Waals surface area contributed by atoms with Crippen LogP contribution in [0, 0.1) is 0 Å². The highest BCUT2D eigenvalue weighted by Crippen LogP contribution is 2.43. The van der Waals surface area contributed by atoms with Gasteiger partial charge in [-0.1, -0.05) is 204 Å². The number of nitrogens with one attached hydrogen (secondary N) is 1. The Morgan fingerprint density at radius 3 is 1.40 bits per heavy atom. The third-order valence-electron chi connectivity index (χ3n) is 10.2. The average Bonchev–Trinajstić information content (AvgIpc) is 3.17. The second-order valence-electron chi connectivity index (χ2n) is 15.6. The fourth-order valence-electron chi connectivity index (χ4n) is 6.69. The van der Waals surface area contributed by atoms with Crippen molar-refractivity contribution in [3.63, 3.8) is 0 Å². The minimum Gasteiger partial charge on any atom is -0.387 e. The van der Waals surface area contributed by atoms with Crippen LogP contribution < -0.4 is 11.1 Å². The Balaban J connectivity index is 4.20. The first-order valence-corrected chi connectivity index (χ1v) is 24.6. The van der Waals surface area contributed by atoms with Gasteiger partial charge in [0.15, 0.2) is 0 Å². The number of carbonyl (C=O) groups is 1. The van der Waals surface area contributed by atoms with Crippen LogP contribution in [0.1, 0.15) is 219 Å². The van der Waals surface area contributed by atoms with Crippen molar-refractivity contribution in [1.29, 1.82) is 0 Å². The van der Waals surface area contributed by atoms with Gasteiger partial charge in [-0.25, -0.2) is 4.57 Å². The quantitative estimate of drug-likeness (QED) is 0.0274. The maximum Gasteiger partial charge on any atom is 0.472 e. The van der Waals surface area contributed by atoms with Gasteiger partial charge in [-0.15, -0.1) is 0 Å². The lowest BCUT2D eigenvalue weighted by Crippen LogP contribution is -2.45. The van der Waals surface area contributed by atoms with Gasteiger partial charge in [0, 0.05) is 13.0 Å². The van der Waals surface area contributed by atoms with Gasteiger partial charge in [-0.3, -0.25) is 13.8 Å². The highest BCUT2D eigenvalue weighted by Gasteiger charge is 2.26. The maximum absolute atomic E-state index is 12.8. The van der Waals surface area contributed by atoms with E-state index in [2.05, 4.69) is 43.5 Å². The molecule has 3 unspecified atom stereocenters. The van der Waals surface area contributed by atoms with Gasteiger partial charge in [-0.05, 0) is 44.9 Å². The standard InChI is InChI=1S/C46H89N2O6P/c1-3-5-7-9-11-13-15-17-19-21-22-23-24-26-28-30-32-34-36-38-40-46(50)48-44(43-54-55(51,52)53-42-41-47)45(49)39-37-35-33-31-29-27-25-20-18-16-14-12-10-8-6-4-2/h18,20,29,31,37,39,44-45,49H,3-17,19,21-28,30,32-36,38,40-43,47H2,1-2H3,(H,48,50)(H,51,52)/b20-18+,31-29+,39-37+. The molecule has 0 aromatic carbocycles. The molecule has 9 heteroatoms. The van der Waals surface area contributed by atoms with E-state index in [1.165, 1.54) is 154 Å². The summed E-state index contributed by atoms with van der Waals surface area (Å²) in [6, 6.07) is -0.880. The number of hydrogen-bond donors (Lipinski definition) is 4. The summed E-state index contributed by atoms with van der Waals surface area (Å²) in [5, 5.41) is 13.7. The number of phosphoric ester groups is 1. The topological polar surface area (TPSA) is 131 Å². The molecule has 0 aliphatic rings. The van der Waals surface area contributed by atoms with Gasteiger partial charge in [0.2, 0.25) is 5.91 Å². The summed E-state index contributed by atoms with van der Waals surface area (Å²) in [6.45, 7) is 4.11. The minimum absolute atomic E-state index is 0.0727. The molecule has 0 saturated heterocycles. The number of phosphoric acid groups is 1. The lowest BCUT2D eigenvalue weighted by atomic mass is 10.0. The number of aliphatic hydroxyl groups is 1. The molecule has 0 aliphatic heterocycles. The molecule has 1 amide bonds. The van der Waals surface area contributed by atoms with Crippen LogP contribution in [-0.2, 0) is 18.4 Å². The van der Waals surface area contributed by atoms with Crippen molar-refractivity contribution in [2.24, 2.45) is 5.73 Å². The predicted molar refractivity (Wildman–Crippen MR) is 235 cm³/mol. The number of carbonyl (C=O) groups excluding carboxylic acids is 1. The molecule has 0 bridgehead atoms. The van der Waals surface area contributed by atoms with Gasteiger partial charge in [0.1, 0.15) is 0 Å². The Morgan fingerprint density at radius 1 is 0.582 bits per heavy atom. The van der Waals surface area contributed by atoms with Crippen molar-refractivity contribution < 1.29 is 28.4 Å². The van der Waals surface area contributed by atoms with E-state index >= 15 is 0 Å². The molecule has 0 radical (unpaired) electrons. The Hall–Kier alpha value is -1.28. The molecule has 3 atom stereocenters. The van der Waals surface area contributed by atoms with Crippen LogP contribution in [0.4, 0.5) is 0 Å². The van der Waals surface area contributed by atoms with Crippen molar-refractivity contribution in [1.82, 2.24) is 5.32 Å². The zero-order valence-corrected chi connectivity index (χ0v) is 36.8. The first-order valence-electron chi connectivity index (χ1n) is 23.1. The Kier molecular flexibility index (Phi) is 41.3. The molecule has 0 saturated carbocycles. The highest BCUT2D eigenvalue weighted by atomic mass is 31.2. The molecule has 55 heavy (non-hydrogen) atoms. The van der Waals surface area contributed by atoms with Gasteiger partial charge in [-0.2, -0.15) is 0 Å². The van der Waals surface area contributed by atoms with Gasteiger partial charge >= 0.3 is 7.82 Å². The van der Waals surface area contributed by atoms with E-state index in [0.29, 0.717) is 6.42 Å². The SMILES string of the molecule is CCCCCCCC/C=C/CC/C=C/CC/C=C/C(O)C(COP(=O)(O)OCCN)NC(=O)CCCCCCCCCCCCCCCCCCCCCC.